The van der Waals surface area contributed by atoms with Gasteiger partial charge < -0.3 is 35.0 Å². The number of rotatable bonds is 11. The van der Waals surface area contributed by atoms with Crippen molar-refractivity contribution in [3.05, 3.63) is 41.9 Å². The molecule has 42 heavy (non-hydrogen) atoms. The van der Waals surface area contributed by atoms with Gasteiger partial charge in [0, 0.05) is 44.6 Å². The number of aromatic nitrogens is 3. The van der Waals surface area contributed by atoms with Crippen molar-refractivity contribution in [2.75, 3.05) is 37.7 Å². The molecule has 4 heterocycles. The highest BCUT2D eigenvalue weighted by molar-refractivity contribution is 5.95. The van der Waals surface area contributed by atoms with E-state index in [0.29, 0.717) is 24.0 Å². The lowest BCUT2D eigenvalue weighted by Crippen LogP contribution is -2.42. The van der Waals surface area contributed by atoms with E-state index in [9.17, 15) is 19.2 Å². The minimum atomic E-state index is -2.74. The number of aliphatic hydroxyl groups is 1. The van der Waals surface area contributed by atoms with Crippen molar-refractivity contribution >= 4 is 29.8 Å². The normalized spacial score (nSPS) is 15.5. The minimum Gasteiger partial charge on any atom is -0.481 e. The molecule has 14 heteroatoms. The molecule has 4 N–H and O–H groups in total. The molecule has 2 aliphatic rings. The van der Waals surface area contributed by atoms with Crippen LogP contribution < -0.4 is 9.64 Å². The molecule has 2 saturated heterocycles. The SMILES string of the molecule is CCc1nc(N2CCCC2)ncc1C(=O)N1CCC(COc2ccccn2)CC1.O=C(O)CC(O)(CC(=O)O)C(=O)O. The van der Waals surface area contributed by atoms with Crippen molar-refractivity contribution in [3.8, 4) is 5.88 Å². The van der Waals surface area contributed by atoms with Crippen molar-refractivity contribution in [1.29, 1.82) is 0 Å². The van der Waals surface area contributed by atoms with E-state index in [1.807, 2.05) is 30.0 Å². The van der Waals surface area contributed by atoms with Crippen LogP contribution >= 0.6 is 0 Å². The maximum atomic E-state index is 13.1. The highest BCUT2D eigenvalue weighted by Crippen LogP contribution is 2.23. The molecule has 4 rings (SSSR count). The van der Waals surface area contributed by atoms with Crippen LogP contribution in [-0.4, -0.2) is 102 Å². The van der Waals surface area contributed by atoms with Gasteiger partial charge in [0.05, 0.1) is 30.7 Å². The Labute approximate surface area is 243 Å². The van der Waals surface area contributed by atoms with E-state index in [1.54, 1.807) is 12.4 Å². The lowest BCUT2D eigenvalue weighted by molar-refractivity contribution is -0.170. The molecule has 0 unspecified atom stereocenters. The summed E-state index contributed by atoms with van der Waals surface area (Å²) in [4.78, 5) is 61.1. The van der Waals surface area contributed by atoms with Crippen LogP contribution in [0.5, 0.6) is 5.88 Å². The van der Waals surface area contributed by atoms with Gasteiger partial charge in [-0.3, -0.25) is 14.4 Å². The second kappa shape index (κ2) is 15.1. The van der Waals surface area contributed by atoms with Crippen LogP contribution in [0, 0.1) is 5.92 Å². The van der Waals surface area contributed by atoms with Crippen LogP contribution in [0.1, 0.15) is 61.5 Å². The van der Waals surface area contributed by atoms with Crippen molar-refractivity contribution in [1.82, 2.24) is 19.9 Å². The fourth-order valence-corrected chi connectivity index (χ4v) is 4.75. The zero-order valence-electron chi connectivity index (χ0n) is 23.5. The van der Waals surface area contributed by atoms with Gasteiger partial charge in [0.15, 0.2) is 5.60 Å². The van der Waals surface area contributed by atoms with Gasteiger partial charge in [0.2, 0.25) is 11.8 Å². The molecule has 14 nitrogen and oxygen atoms in total. The van der Waals surface area contributed by atoms with Crippen LogP contribution in [-0.2, 0) is 20.8 Å². The predicted molar refractivity (Wildman–Crippen MR) is 148 cm³/mol. The first-order valence-corrected chi connectivity index (χ1v) is 13.9. The Morgan fingerprint density at radius 1 is 0.976 bits per heavy atom. The van der Waals surface area contributed by atoms with Crippen LogP contribution in [0.4, 0.5) is 5.95 Å². The van der Waals surface area contributed by atoms with Crippen molar-refractivity contribution in [3.63, 3.8) is 0 Å². The molecule has 2 aliphatic heterocycles. The largest absolute Gasteiger partial charge is 0.481 e. The summed E-state index contributed by atoms with van der Waals surface area (Å²) >= 11 is 0. The third-order valence-electron chi connectivity index (χ3n) is 7.10. The fraction of sp³-hybridized carbons (Fsp3) is 0.536. The highest BCUT2D eigenvalue weighted by Gasteiger charge is 2.40. The molecule has 0 atom stereocenters. The number of carbonyl (C=O) groups excluding carboxylic acids is 1. The standard InChI is InChI=1S/C22H29N5O2.C6H8O7/c1-2-19-18(15-24-22(25-19)27-11-5-6-12-27)21(28)26-13-8-17(9-14-26)16-29-20-7-3-4-10-23-20;7-3(8)1-6(13,5(11)12)2-4(9)10/h3-4,7,10,15,17H,2,5-6,8-9,11-14,16H2,1H3;13H,1-2H2,(H,7,8)(H,9,10)(H,11,12). The second-order valence-electron chi connectivity index (χ2n) is 10.3. The quantitative estimate of drug-likeness (QED) is 0.296. The van der Waals surface area contributed by atoms with Gasteiger partial charge in [0.1, 0.15) is 0 Å². The van der Waals surface area contributed by atoms with Crippen molar-refractivity contribution < 1.29 is 44.3 Å². The summed E-state index contributed by atoms with van der Waals surface area (Å²) in [7, 11) is 0. The summed E-state index contributed by atoms with van der Waals surface area (Å²) in [6, 6.07) is 5.67. The van der Waals surface area contributed by atoms with Crippen LogP contribution in [0.2, 0.25) is 0 Å². The number of aliphatic carboxylic acids is 3. The van der Waals surface area contributed by atoms with E-state index in [-0.39, 0.29) is 5.91 Å². The number of anilines is 1. The first-order valence-electron chi connectivity index (χ1n) is 13.9. The van der Waals surface area contributed by atoms with Crippen LogP contribution in [0.15, 0.2) is 30.6 Å². The molecule has 228 valence electrons. The average Bonchev–Trinajstić information content (AvgIpc) is 3.51. The topological polar surface area (TPSA) is 204 Å². The lowest BCUT2D eigenvalue weighted by Gasteiger charge is -2.32. The summed E-state index contributed by atoms with van der Waals surface area (Å²) in [6.45, 7) is 6.19. The number of pyridine rings is 1. The van der Waals surface area contributed by atoms with Gasteiger partial charge >= 0.3 is 17.9 Å². The van der Waals surface area contributed by atoms with E-state index in [0.717, 1.165) is 57.1 Å². The molecule has 0 radical (unpaired) electrons. The summed E-state index contributed by atoms with van der Waals surface area (Å²) in [5.41, 5.74) is -1.23. The average molecular weight is 588 g/mol. The van der Waals surface area contributed by atoms with E-state index >= 15 is 0 Å². The van der Waals surface area contributed by atoms with Crippen LogP contribution in [0.3, 0.4) is 0 Å². The molecule has 0 spiro atoms. The molecule has 2 aromatic heterocycles. The Morgan fingerprint density at radius 2 is 1.62 bits per heavy atom. The Kier molecular flexibility index (Phi) is 11.5. The smallest absolute Gasteiger partial charge is 0.336 e. The number of nitrogens with zero attached hydrogens (tertiary/aromatic N) is 5. The van der Waals surface area contributed by atoms with E-state index in [4.69, 9.17) is 30.1 Å². The third-order valence-corrected chi connectivity index (χ3v) is 7.10. The summed E-state index contributed by atoms with van der Waals surface area (Å²) < 4.78 is 5.79. The number of carbonyl (C=O) groups is 4. The molecule has 0 bridgehead atoms. The van der Waals surface area contributed by atoms with Gasteiger partial charge in [0.25, 0.3) is 5.91 Å². The van der Waals surface area contributed by atoms with Crippen LogP contribution in [0.25, 0.3) is 0 Å². The fourth-order valence-electron chi connectivity index (χ4n) is 4.75. The number of hydrogen-bond acceptors (Lipinski definition) is 10. The number of ether oxygens (including phenoxy) is 1. The lowest BCUT2D eigenvalue weighted by atomic mass is 9.96. The molecule has 2 fully saturated rings. The second-order valence-corrected chi connectivity index (χ2v) is 10.3. The number of piperidine rings is 1. The van der Waals surface area contributed by atoms with Crippen molar-refractivity contribution in [2.24, 2.45) is 5.92 Å². The van der Waals surface area contributed by atoms with E-state index < -0.39 is 36.4 Å². The number of aryl methyl sites for hydroxylation is 1. The van der Waals surface area contributed by atoms with Gasteiger partial charge in [-0.15, -0.1) is 0 Å². The number of carboxylic acids is 3. The Morgan fingerprint density at radius 3 is 2.14 bits per heavy atom. The Hall–Kier alpha value is -4.33. The number of likely N-dealkylation sites (tertiary alicyclic amines) is 1. The summed E-state index contributed by atoms with van der Waals surface area (Å²) in [5.74, 6) is -3.09. The van der Waals surface area contributed by atoms with Crippen molar-refractivity contribution in [2.45, 2.75) is 57.5 Å². The first kappa shape index (κ1) is 32.2. The molecular weight excluding hydrogens is 550 g/mol. The van der Waals surface area contributed by atoms with Gasteiger partial charge in [-0.1, -0.05) is 13.0 Å². The highest BCUT2D eigenvalue weighted by atomic mass is 16.5. The first-order chi connectivity index (χ1) is 20.0. The maximum Gasteiger partial charge on any atom is 0.336 e. The maximum absolute atomic E-state index is 13.1. The van der Waals surface area contributed by atoms with E-state index in [1.165, 1.54) is 12.8 Å². The molecular formula is C28H37N5O9. The van der Waals surface area contributed by atoms with Gasteiger partial charge in [-0.2, -0.15) is 0 Å². The summed E-state index contributed by atoms with van der Waals surface area (Å²) in [6.07, 6.45) is 6.16. The van der Waals surface area contributed by atoms with Gasteiger partial charge in [-0.25, -0.2) is 19.7 Å². The molecule has 0 aliphatic carbocycles. The third kappa shape index (κ3) is 9.09. The minimum absolute atomic E-state index is 0.0546. The Balaban J connectivity index is 0.000000316. The number of amides is 1. The zero-order chi connectivity index (χ0) is 30.7. The molecule has 2 aromatic rings. The Bertz CT molecular complexity index is 1210. The molecule has 1 amide bonds. The monoisotopic (exact) mass is 587 g/mol. The predicted octanol–water partition coefficient (Wildman–Crippen LogP) is 1.72. The number of hydrogen-bond donors (Lipinski definition) is 4. The van der Waals surface area contributed by atoms with Gasteiger partial charge in [-0.05, 0) is 44.1 Å². The number of carboxylic acid groups (broad SMARTS) is 3. The molecule has 0 saturated carbocycles. The van der Waals surface area contributed by atoms with E-state index in [2.05, 4.69) is 14.9 Å². The molecule has 0 aromatic carbocycles. The zero-order valence-corrected chi connectivity index (χ0v) is 23.5. The summed E-state index contributed by atoms with van der Waals surface area (Å²) in [5, 5.41) is 33.8.